The predicted molar refractivity (Wildman–Crippen MR) is 464 cm³/mol. The average molecular weight is 2160 g/mol. The van der Waals surface area contributed by atoms with Gasteiger partial charge in [0.25, 0.3) is 5.79 Å². The number of hydrogen-bond donors (Lipinski definition) is 33. The van der Waals surface area contributed by atoms with Crippen molar-refractivity contribution in [3.05, 3.63) is 0 Å². The van der Waals surface area contributed by atoms with Crippen LogP contribution in [0.15, 0.2) is 4.99 Å². The first-order valence-electron chi connectivity index (χ1n) is 47.0. The lowest BCUT2D eigenvalue weighted by molar-refractivity contribution is -0.409. The Balaban J connectivity index is 1.11. The molecule has 0 unspecified atom stereocenters. The zero-order chi connectivity index (χ0) is 110. The number of carbonyl (C=O) groups is 9. The number of carboxylic acid groups (broad SMARTS) is 3. The second-order valence-electron chi connectivity index (χ2n) is 37.5. The van der Waals surface area contributed by atoms with Crippen LogP contribution >= 0.6 is 0 Å². The molecule has 148 heavy (non-hydrogen) atoms. The molecule has 10 fully saturated rings. The van der Waals surface area contributed by atoms with Crippen LogP contribution in [-0.2, 0) is 143 Å². The molecule has 850 valence electrons. The third-order valence-corrected chi connectivity index (χ3v) is 26.2. The van der Waals surface area contributed by atoms with Crippen LogP contribution in [0.1, 0.15) is 89.0 Å². The molecule has 0 spiro atoms. The summed E-state index contributed by atoms with van der Waals surface area (Å²) in [5.74, 6) is -15.6. The van der Waals surface area contributed by atoms with Crippen LogP contribution in [0.2, 0.25) is 0 Å². The highest BCUT2D eigenvalue weighted by molar-refractivity contribution is 5.79. The van der Waals surface area contributed by atoms with E-state index in [4.69, 9.17) is 105 Å². The van der Waals surface area contributed by atoms with Crippen LogP contribution in [0.5, 0.6) is 0 Å². The number of nitrogens with two attached hydrogens (primary N) is 1. The van der Waals surface area contributed by atoms with Crippen molar-refractivity contribution in [2.45, 2.75) is 426 Å². The lowest BCUT2D eigenvalue weighted by Gasteiger charge is -2.54. The second kappa shape index (κ2) is 52.9. The molecule has 0 aromatic carbocycles. The number of carboxylic acids is 3. The molecule has 34 N–H and O–H groups in total. The average Bonchev–Trinajstić information content (AvgIpc) is 0.746. The fraction of sp³-hybridized carbons (Fsp3) is 0.881. The summed E-state index contributed by atoms with van der Waals surface area (Å²) in [5, 5.41) is 321. The first kappa shape index (κ1) is 123. The lowest BCUT2D eigenvalue weighted by Crippen LogP contribution is -2.73. The van der Waals surface area contributed by atoms with E-state index in [-0.39, 0.29) is 5.84 Å². The Labute approximate surface area is 839 Å². The molecule has 0 aliphatic carbocycles. The zero-order valence-corrected chi connectivity index (χ0v) is 81.2. The maximum absolute atomic E-state index is 14.0. The Morgan fingerprint density at radius 2 is 0.878 bits per heavy atom. The van der Waals surface area contributed by atoms with Gasteiger partial charge in [-0.3, -0.25) is 43.9 Å². The number of rotatable bonds is 42. The summed E-state index contributed by atoms with van der Waals surface area (Å²) < 4.78 is 129. The zero-order valence-electron chi connectivity index (χ0n) is 81.2. The van der Waals surface area contributed by atoms with Crippen molar-refractivity contribution in [3.8, 4) is 0 Å². The van der Waals surface area contributed by atoms with Gasteiger partial charge in [0.2, 0.25) is 23.6 Å². The van der Waals surface area contributed by atoms with Crippen LogP contribution in [0.3, 0.4) is 0 Å². The van der Waals surface area contributed by atoms with Crippen LogP contribution < -0.4 is 32.3 Å². The van der Waals surface area contributed by atoms with E-state index < -0.39 is 443 Å². The molecule has 10 aliphatic rings. The molecular weight excluding hydrogens is 2020 g/mol. The van der Waals surface area contributed by atoms with E-state index >= 15 is 0 Å². The highest BCUT2D eigenvalue weighted by Crippen LogP contribution is 2.45. The van der Waals surface area contributed by atoms with E-state index in [1.807, 2.05) is 0 Å². The molecule has 64 heteroatoms. The van der Waals surface area contributed by atoms with E-state index in [0.29, 0.717) is 0 Å². The summed E-state index contributed by atoms with van der Waals surface area (Å²) >= 11 is 0. The number of amides is 4. The third-order valence-electron chi connectivity index (χ3n) is 26.2. The summed E-state index contributed by atoms with van der Waals surface area (Å²) in [6.07, 6.45) is -111. The highest BCUT2D eigenvalue weighted by Gasteiger charge is 2.66. The predicted octanol–water partition coefficient (Wildman–Crippen LogP) is -19.8. The van der Waals surface area contributed by atoms with E-state index in [0.717, 1.165) is 55.4 Å². The Hall–Kier alpha value is -7.06. The Morgan fingerprint density at radius 1 is 0.412 bits per heavy atom. The number of aliphatic carboxylic acids is 3. The van der Waals surface area contributed by atoms with E-state index in [1.165, 1.54) is 20.8 Å². The van der Waals surface area contributed by atoms with Crippen LogP contribution in [-0.4, -0.2) is 573 Å². The molecule has 10 saturated heterocycles. The molecule has 64 nitrogen and oxygen atoms in total. The molecule has 4 amide bonds. The normalized spacial score (nSPS) is 44.0. The van der Waals surface area contributed by atoms with Gasteiger partial charge in [-0.15, -0.1) is 0 Å². The number of esters is 2. The molecule has 0 radical (unpaired) electrons. The van der Waals surface area contributed by atoms with Gasteiger partial charge in [-0.25, -0.2) is 9.59 Å². The number of carbonyl (C=O) groups excluding carboxylic acids is 6. The van der Waals surface area contributed by atoms with Gasteiger partial charge < -0.3 is 264 Å². The number of nitrogens with one attached hydrogen (secondary N) is 5. The van der Waals surface area contributed by atoms with Gasteiger partial charge in [0, 0.05) is 54.4 Å². The monoisotopic (exact) mass is 2160 g/mol. The van der Waals surface area contributed by atoms with Crippen LogP contribution in [0.4, 0.5) is 0 Å². The molecule has 0 aromatic heterocycles. The van der Waals surface area contributed by atoms with Crippen molar-refractivity contribution in [3.63, 3.8) is 0 Å². The standard InChI is InChI=1S/C84H137N7O57/c1-20(72(121)122)86-44-67(63(140-79-54(116)51(113)48(110)37(16-94)134-79)39(18-96)136-78(44)143-68-56(118)61(34(107)19-128-29(10)102)139-81(58(68)120)144-69-55(117)60(33(106)14-92)138-80(57(69)119)132-35-12-31(104)74(125)137-62(35)52(114)53(115)73(123)124)142-82-71(146-75-42(89-26(7)99)50(112)47(109)36(15-93)133-75)70(49(111)38(17-95)135-82)145-76-43(90-27(8)100)65(46(108)22(3)129-76)141-77-45(91-28(9)101)66(131-30(11)103)59(23(4)130-77)147-84(83(126)127)13-32(105)41(87-24(5)85)64(148-84)40(21(2)97)88-25(6)98/h20-23,31-71,74-82,86,92-97,104-120,125H,12-19H2,1-11H3,(H2,85,87)(H,88,98)(H,89,99)(H,90,100)(H,91,101)(H,121,122)(H,123,124)(H,126,127)/t20-,21-,22+,23-,31-,32-,33+,34+,35-,36+,37+,38+,39+,40+,41+,42+,43+,44+,45-,46+,47+,48+,49+,50+,51-,52+,53-,54+,55-,56-,57-,58-,59+,60+,61+,62-,63-,64-,65+,66-,67+,68+,69+,70-,71+,74-,75-,76-,77-,78+,79-,80+,81-,82-,84+/m0/s1. The molecular formula is C84H137N7O57. The van der Waals surface area contributed by atoms with Crippen molar-refractivity contribution >= 4 is 59.3 Å². The van der Waals surface area contributed by atoms with Gasteiger partial charge in [0.1, 0.15) is 226 Å². The second-order valence-corrected chi connectivity index (χ2v) is 37.5. The van der Waals surface area contributed by atoms with E-state index in [9.17, 15) is 181 Å². The first-order valence-corrected chi connectivity index (χ1v) is 47.0. The fourth-order valence-electron chi connectivity index (χ4n) is 18.9. The minimum atomic E-state index is -3.14. The van der Waals surface area contributed by atoms with Gasteiger partial charge >= 0.3 is 29.8 Å². The number of amidine groups is 1. The van der Waals surface area contributed by atoms with E-state index in [2.05, 4.69) is 31.6 Å². The number of aliphatic hydroxyl groups is 24. The number of aliphatic imine (C=N–C) groups is 1. The molecule has 0 saturated carbocycles. The summed E-state index contributed by atoms with van der Waals surface area (Å²) in [4.78, 5) is 123. The van der Waals surface area contributed by atoms with Crippen molar-refractivity contribution in [1.82, 2.24) is 26.6 Å². The maximum Gasteiger partial charge on any atom is 0.364 e. The van der Waals surface area contributed by atoms with Crippen molar-refractivity contribution < 1.29 is 281 Å². The first-order chi connectivity index (χ1) is 69.4. The molecule has 0 aromatic rings. The van der Waals surface area contributed by atoms with Crippen LogP contribution in [0.25, 0.3) is 0 Å². The molecule has 55 atom stereocenters. The maximum atomic E-state index is 14.0. The summed E-state index contributed by atoms with van der Waals surface area (Å²) in [7, 11) is 0. The quantitative estimate of drug-likeness (QED) is 0.0153. The topological polar surface area (TPSA) is 992 Å². The van der Waals surface area contributed by atoms with Crippen molar-refractivity contribution in [2.24, 2.45) is 10.7 Å². The van der Waals surface area contributed by atoms with Gasteiger partial charge in [-0.2, -0.15) is 0 Å². The Kier molecular flexibility index (Phi) is 43.9. The van der Waals surface area contributed by atoms with Gasteiger partial charge in [-0.1, -0.05) is 0 Å². The lowest BCUT2D eigenvalue weighted by atomic mass is 9.87. The molecule has 0 bridgehead atoms. The third kappa shape index (κ3) is 28.4. The minimum Gasteiger partial charge on any atom is -0.480 e. The number of hydrogen-bond acceptors (Lipinski definition) is 56. The number of aliphatic hydroxyl groups excluding tert-OH is 24. The molecule has 10 heterocycles. The number of ether oxygens (including phenoxy) is 21. The molecule has 10 aliphatic heterocycles. The van der Waals surface area contributed by atoms with Gasteiger partial charge in [0.05, 0.1) is 81.5 Å². The molecule has 10 rings (SSSR count). The Morgan fingerprint density at radius 3 is 1.40 bits per heavy atom. The van der Waals surface area contributed by atoms with Gasteiger partial charge in [-0.05, 0) is 34.6 Å². The van der Waals surface area contributed by atoms with Crippen molar-refractivity contribution in [2.75, 3.05) is 39.6 Å². The highest BCUT2D eigenvalue weighted by atomic mass is 16.8. The fourth-order valence-corrected chi connectivity index (χ4v) is 18.9. The smallest absolute Gasteiger partial charge is 0.364 e. The number of nitrogens with zero attached hydrogens (tertiary/aromatic N) is 1. The SMILES string of the molecule is CC(=O)N[C@@H]1[C@H](O[C@H]2[C@H](O)[C@@H](C)O[C@@H](O[C@H]3[C@H](O)[C@@H](CO)O[C@@H](O[C@@H]4[C@@H](N[C@@H](C)C(=O)O)[C@@H](O[C@H]5[C@H](O)[C@H](O[C@H]6[C@H](O)[C@H](O[C@H]7C[C@H](O)[C@@H](O)O[C@@H]7[C@H](O)[C@H](O)C(=O)O)O[C@H]([C@H](O)CO)[C@@H]6O)O[C@H]([C@H](O)COC(C)=O)[C@@H]5O)O[C@H](CO)[C@@H]4O[C@@H]4O[C@H](CO)[C@@H](O)[C@H](O)[C@H]4O)[C@@H]3O[C@@H]3O[C@H](CO)[C@@H](O)[C@H](O)[C@H]3NC(C)=O)[C@@H]2NC(C)=O)O[C@@H](C)[C@@H](O[C@]2(C(=O)O)C[C@H](O)[C@@H](N=C(C)N)[C@H]([C@H](NC(C)=O)[C@H](C)O)O2)[C@H]1OC(C)=O. The van der Waals surface area contributed by atoms with E-state index in [1.54, 1.807) is 0 Å². The van der Waals surface area contributed by atoms with Gasteiger partial charge in [0.15, 0.2) is 68.8 Å². The Bertz CT molecular complexity index is 4380. The summed E-state index contributed by atoms with van der Waals surface area (Å²) in [6.45, 7) is 3.17. The largest absolute Gasteiger partial charge is 0.480 e. The van der Waals surface area contributed by atoms with Crippen molar-refractivity contribution in [1.29, 1.82) is 0 Å². The van der Waals surface area contributed by atoms with Crippen LogP contribution in [0, 0.1) is 0 Å². The summed E-state index contributed by atoms with van der Waals surface area (Å²) in [5.41, 5.74) is 5.95. The summed E-state index contributed by atoms with van der Waals surface area (Å²) in [6, 6.07) is -14.1. The minimum absolute atomic E-state index is 0.200.